The number of halogens is 2. The van der Waals surface area contributed by atoms with E-state index in [1.807, 2.05) is 30.9 Å². The van der Waals surface area contributed by atoms with Gasteiger partial charge in [-0.25, -0.2) is 0 Å². The Balaban J connectivity index is 0.00000182. The zero-order chi connectivity index (χ0) is 17.5. The molecule has 2 N–H and O–H groups in total. The number of rotatable bonds is 6. The molecule has 5 nitrogen and oxygen atoms in total. The van der Waals surface area contributed by atoms with Crippen molar-refractivity contribution in [3.05, 3.63) is 29.8 Å². The van der Waals surface area contributed by atoms with Crippen molar-refractivity contribution in [2.75, 3.05) is 56.6 Å². The fourth-order valence-corrected chi connectivity index (χ4v) is 4.58. The molecule has 2 heterocycles. The molecule has 0 aliphatic carbocycles. The van der Waals surface area contributed by atoms with Crippen LogP contribution in [0.4, 0.5) is 5.69 Å². The first-order valence-electron chi connectivity index (χ1n) is 9.31. The van der Waals surface area contributed by atoms with Gasteiger partial charge in [0, 0.05) is 49.4 Å². The highest BCUT2D eigenvalue weighted by Crippen LogP contribution is 2.16. The smallest absolute Gasteiger partial charge is 0.238 e. The van der Waals surface area contributed by atoms with Crippen LogP contribution in [-0.4, -0.2) is 73.0 Å². The summed E-state index contributed by atoms with van der Waals surface area (Å²) in [6.45, 7) is 5.73. The molecule has 2 aliphatic heterocycles. The van der Waals surface area contributed by atoms with E-state index in [0.717, 1.165) is 44.8 Å². The Labute approximate surface area is 179 Å². The Hall–Kier alpha value is -0.500. The lowest BCUT2D eigenvalue weighted by Crippen LogP contribution is -2.46. The maximum atomic E-state index is 12.4. The van der Waals surface area contributed by atoms with Crippen LogP contribution in [0.3, 0.4) is 0 Å². The molecule has 3 rings (SSSR count). The summed E-state index contributed by atoms with van der Waals surface area (Å²) in [6.07, 6.45) is 2.36. The molecule has 1 aromatic rings. The van der Waals surface area contributed by atoms with Gasteiger partial charge in [0.15, 0.2) is 0 Å². The van der Waals surface area contributed by atoms with E-state index in [-0.39, 0.29) is 30.7 Å². The van der Waals surface area contributed by atoms with Crippen molar-refractivity contribution >= 4 is 48.2 Å². The van der Waals surface area contributed by atoms with Gasteiger partial charge in [0.1, 0.15) is 0 Å². The summed E-state index contributed by atoms with van der Waals surface area (Å²) in [5.74, 6) is 2.53. The monoisotopic (exact) mass is 434 g/mol. The number of likely N-dealkylation sites (N-methyl/N-ethyl adjacent to an activating group) is 1. The van der Waals surface area contributed by atoms with E-state index in [4.69, 9.17) is 0 Å². The van der Waals surface area contributed by atoms with Crippen LogP contribution in [0, 0.1) is 0 Å². The van der Waals surface area contributed by atoms with Crippen LogP contribution in [0.15, 0.2) is 24.3 Å². The molecule has 0 bridgehead atoms. The Bertz CT molecular complexity index is 572. The summed E-state index contributed by atoms with van der Waals surface area (Å²) < 4.78 is 0. The number of likely N-dealkylation sites (tertiary alicyclic amines) is 1. The fourth-order valence-electron chi connectivity index (χ4n) is 3.60. The van der Waals surface area contributed by atoms with Gasteiger partial charge in [0.25, 0.3) is 0 Å². The molecule has 8 heteroatoms. The molecule has 1 amide bonds. The van der Waals surface area contributed by atoms with Gasteiger partial charge in [0.05, 0.1) is 6.54 Å². The standard InChI is InChI=1S/C19H30N4OS.2ClH/c1-20-18-6-3-7-23(14-18)15-19(24)21-17-5-2-4-16(12-17)13-22-8-10-25-11-9-22;;/h2,4-5,12,18,20H,3,6-11,13-15H2,1H3,(H,21,24);2*1H. The SMILES string of the molecule is CNC1CCCN(CC(=O)Nc2cccc(CN3CCSCC3)c2)C1.Cl.Cl. The minimum absolute atomic E-state index is 0. The largest absolute Gasteiger partial charge is 0.325 e. The second-order valence-electron chi connectivity index (χ2n) is 7.00. The van der Waals surface area contributed by atoms with Crippen LogP contribution in [-0.2, 0) is 11.3 Å². The van der Waals surface area contributed by atoms with Gasteiger partial charge < -0.3 is 10.6 Å². The number of amides is 1. The number of benzene rings is 1. The van der Waals surface area contributed by atoms with Crippen molar-refractivity contribution in [1.29, 1.82) is 0 Å². The Kier molecular flexibility index (Phi) is 11.7. The lowest BCUT2D eigenvalue weighted by atomic mass is 10.1. The topological polar surface area (TPSA) is 47.6 Å². The van der Waals surface area contributed by atoms with E-state index < -0.39 is 0 Å². The van der Waals surface area contributed by atoms with Crippen molar-refractivity contribution in [3.63, 3.8) is 0 Å². The van der Waals surface area contributed by atoms with Gasteiger partial charge in [-0.1, -0.05) is 12.1 Å². The summed E-state index contributed by atoms with van der Waals surface area (Å²) >= 11 is 2.03. The summed E-state index contributed by atoms with van der Waals surface area (Å²) in [4.78, 5) is 17.1. The predicted molar refractivity (Wildman–Crippen MR) is 121 cm³/mol. The fraction of sp³-hybridized carbons (Fsp3) is 0.632. The quantitative estimate of drug-likeness (QED) is 0.720. The van der Waals surface area contributed by atoms with Crippen molar-refractivity contribution in [1.82, 2.24) is 15.1 Å². The van der Waals surface area contributed by atoms with E-state index in [9.17, 15) is 4.79 Å². The van der Waals surface area contributed by atoms with Crippen LogP contribution in [0.25, 0.3) is 0 Å². The third-order valence-electron chi connectivity index (χ3n) is 5.00. The van der Waals surface area contributed by atoms with Crippen LogP contribution < -0.4 is 10.6 Å². The number of hydrogen-bond donors (Lipinski definition) is 2. The number of hydrogen-bond acceptors (Lipinski definition) is 5. The van der Waals surface area contributed by atoms with Crippen molar-refractivity contribution in [2.45, 2.75) is 25.4 Å². The first-order chi connectivity index (χ1) is 12.2. The summed E-state index contributed by atoms with van der Waals surface area (Å²) in [6, 6.07) is 8.81. The molecule has 0 saturated carbocycles. The van der Waals surface area contributed by atoms with Crippen molar-refractivity contribution in [2.24, 2.45) is 0 Å². The lowest BCUT2D eigenvalue weighted by molar-refractivity contribution is -0.117. The number of thioether (sulfide) groups is 1. The number of carbonyl (C=O) groups excluding carboxylic acids is 1. The molecule has 0 radical (unpaired) electrons. The van der Waals surface area contributed by atoms with Gasteiger partial charge >= 0.3 is 0 Å². The minimum atomic E-state index is 0. The van der Waals surface area contributed by atoms with E-state index in [1.165, 1.54) is 23.5 Å². The minimum Gasteiger partial charge on any atom is -0.325 e. The van der Waals surface area contributed by atoms with E-state index in [0.29, 0.717) is 12.6 Å². The van der Waals surface area contributed by atoms with E-state index >= 15 is 0 Å². The lowest BCUT2D eigenvalue weighted by Gasteiger charge is -2.31. The molecule has 27 heavy (non-hydrogen) atoms. The molecule has 1 atom stereocenters. The highest BCUT2D eigenvalue weighted by Gasteiger charge is 2.20. The zero-order valence-corrected chi connectivity index (χ0v) is 18.4. The first kappa shape index (κ1) is 24.5. The number of anilines is 1. The Morgan fingerprint density at radius 3 is 2.70 bits per heavy atom. The second-order valence-corrected chi connectivity index (χ2v) is 8.22. The average Bonchev–Trinajstić information content (AvgIpc) is 2.63. The van der Waals surface area contributed by atoms with Crippen molar-refractivity contribution in [3.8, 4) is 0 Å². The van der Waals surface area contributed by atoms with Gasteiger partial charge in [-0.15, -0.1) is 24.8 Å². The zero-order valence-electron chi connectivity index (χ0n) is 16.0. The number of piperidine rings is 1. The normalized spacial score (nSPS) is 21.0. The average molecular weight is 435 g/mol. The summed E-state index contributed by atoms with van der Waals surface area (Å²) in [5, 5.41) is 6.40. The molecule has 0 spiro atoms. The van der Waals surface area contributed by atoms with Crippen LogP contribution in [0.1, 0.15) is 18.4 Å². The Morgan fingerprint density at radius 1 is 1.19 bits per heavy atom. The van der Waals surface area contributed by atoms with Gasteiger partial charge in [-0.05, 0) is 44.1 Å². The molecule has 1 unspecified atom stereocenters. The number of nitrogens with zero attached hydrogens (tertiary/aromatic N) is 2. The van der Waals surface area contributed by atoms with Gasteiger partial charge in [-0.3, -0.25) is 14.6 Å². The third-order valence-corrected chi connectivity index (χ3v) is 5.94. The number of nitrogens with one attached hydrogen (secondary N) is 2. The molecule has 0 aromatic heterocycles. The van der Waals surface area contributed by atoms with Crippen LogP contribution in [0.5, 0.6) is 0 Å². The molecule has 2 saturated heterocycles. The molecule has 2 fully saturated rings. The highest BCUT2D eigenvalue weighted by molar-refractivity contribution is 7.99. The summed E-state index contributed by atoms with van der Waals surface area (Å²) in [7, 11) is 2.00. The molecule has 2 aliphatic rings. The Morgan fingerprint density at radius 2 is 1.96 bits per heavy atom. The van der Waals surface area contributed by atoms with Gasteiger partial charge in [0.2, 0.25) is 5.91 Å². The second kappa shape index (κ2) is 12.9. The first-order valence-corrected chi connectivity index (χ1v) is 10.5. The molecule has 1 aromatic carbocycles. The van der Waals surface area contributed by atoms with Crippen LogP contribution in [0.2, 0.25) is 0 Å². The summed E-state index contributed by atoms with van der Waals surface area (Å²) in [5.41, 5.74) is 2.19. The molecular formula is C19H32Cl2N4OS. The van der Waals surface area contributed by atoms with Gasteiger partial charge in [-0.2, -0.15) is 11.8 Å². The van der Waals surface area contributed by atoms with Crippen molar-refractivity contribution < 1.29 is 4.79 Å². The molecule has 154 valence electrons. The number of carbonyl (C=O) groups is 1. The maximum absolute atomic E-state index is 12.4. The maximum Gasteiger partial charge on any atom is 0.238 e. The van der Waals surface area contributed by atoms with E-state index in [2.05, 4.69) is 32.6 Å². The molecular weight excluding hydrogens is 403 g/mol. The third kappa shape index (κ3) is 8.18. The van der Waals surface area contributed by atoms with Crippen LogP contribution >= 0.6 is 36.6 Å². The highest BCUT2D eigenvalue weighted by atomic mass is 35.5. The van der Waals surface area contributed by atoms with E-state index in [1.54, 1.807) is 0 Å². The predicted octanol–water partition coefficient (Wildman–Crippen LogP) is 2.70.